The summed E-state index contributed by atoms with van der Waals surface area (Å²) in [4.78, 5) is 32.5. The highest BCUT2D eigenvalue weighted by Gasteiger charge is 2.57. The van der Waals surface area contributed by atoms with Gasteiger partial charge in [0, 0.05) is 25.7 Å². The Kier molecular flexibility index (Phi) is 5.56. The molecule has 2 aliphatic heterocycles. The van der Waals surface area contributed by atoms with E-state index in [0.717, 1.165) is 43.2 Å². The molecule has 158 valence electrons. The lowest BCUT2D eigenvalue weighted by Crippen LogP contribution is -2.58. The summed E-state index contributed by atoms with van der Waals surface area (Å²) in [5, 5.41) is 0. The van der Waals surface area contributed by atoms with Crippen molar-refractivity contribution in [1.82, 2.24) is 14.7 Å². The summed E-state index contributed by atoms with van der Waals surface area (Å²) in [5.74, 6) is 1.52. The van der Waals surface area contributed by atoms with Gasteiger partial charge < -0.3 is 14.5 Å². The topological polar surface area (TPSA) is 53.1 Å². The minimum absolute atomic E-state index is 0.0249. The van der Waals surface area contributed by atoms with Crippen molar-refractivity contribution in [3.8, 4) is 5.75 Å². The summed E-state index contributed by atoms with van der Waals surface area (Å²) in [6.07, 6.45) is 5.47. The molecule has 1 aliphatic carbocycles. The quantitative estimate of drug-likeness (QED) is 0.687. The van der Waals surface area contributed by atoms with Crippen LogP contribution in [0, 0.1) is 5.92 Å². The lowest BCUT2D eigenvalue weighted by atomic mass is 9.78. The lowest BCUT2D eigenvalue weighted by molar-refractivity contribution is -0.136. The third kappa shape index (κ3) is 3.41. The van der Waals surface area contributed by atoms with Crippen LogP contribution in [0.25, 0.3) is 0 Å². The summed E-state index contributed by atoms with van der Waals surface area (Å²) in [6.45, 7) is 6.95. The first-order valence-corrected chi connectivity index (χ1v) is 11.0. The Bertz CT molecular complexity index is 768. The van der Waals surface area contributed by atoms with Crippen molar-refractivity contribution < 1.29 is 14.3 Å². The summed E-state index contributed by atoms with van der Waals surface area (Å²) < 4.78 is 5.29. The Labute approximate surface area is 173 Å². The van der Waals surface area contributed by atoms with Gasteiger partial charge >= 0.3 is 6.03 Å². The van der Waals surface area contributed by atoms with E-state index in [1.54, 1.807) is 7.11 Å². The molecule has 1 aromatic carbocycles. The molecule has 0 N–H and O–H groups in total. The first-order valence-electron chi connectivity index (χ1n) is 11.0. The van der Waals surface area contributed by atoms with Crippen LogP contribution in [-0.2, 0) is 11.3 Å². The largest absolute Gasteiger partial charge is 0.497 e. The molecule has 4 rings (SSSR count). The van der Waals surface area contributed by atoms with Crippen LogP contribution >= 0.6 is 0 Å². The molecule has 3 amide bonds. The fourth-order valence-corrected chi connectivity index (χ4v) is 5.32. The van der Waals surface area contributed by atoms with E-state index in [0.29, 0.717) is 19.1 Å². The van der Waals surface area contributed by atoms with Gasteiger partial charge in [0.05, 0.1) is 13.7 Å². The third-order valence-electron chi connectivity index (χ3n) is 7.45. The van der Waals surface area contributed by atoms with Crippen molar-refractivity contribution in [2.75, 3.05) is 26.7 Å². The SMILES string of the molecule is CCN1C(=O)N(Cc2cccc(OC)c2)C(=O)C12CCN([C@H](C)C1CCC1)CC2. The first kappa shape index (κ1) is 20.2. The number of benzene rings is 1. The number of amides is 3. The molecule has 0 aromatic heterocycles. The number of urea groups is 1. The zero-order valence-corrected chi connectivity index (χ0v) is 17.9. The number of carbonyl (C=O) groups excluding carboxylic acids is 2. The van der Waals surface area contributed by atoms with Crippen molar-refractivity contribution in [3.63, 3.8) is 0 Å². The molecular weight excluding hydrogens is 366 g/mol. The Hall–Kier alpha value is -2.08. The van der Waals surface area contributed by atoms with Crippen LogP contribution in [0.2, 0.25) is 0 Å². The number of hydrogen-bond acceptors (Lipinski definition) is 4. The van der Waals surface area contributed by atoms with E-state index in [9.17, 15) is 9.59 Å². The van der Waals surface area contributed by atoms with Crippen LogP contribution in [0.15, 0.2) is 24.3 Å². The number of likely N-dealkylation sites (N-methyl/N-ethyl adjacent to an activating group) is 1. The fourth-order valence-electron chi connectivity index (χ4n) is 5.32. The molecule has 3 fully saturated rings. The molecule has 6 nitrogen and oxygen atoms in total. The van der Waals surface area contributed by atoms with E-state index < -0.39 is 5.54 Å². The third-order valence-corrected chi connectivity index (χ3v) is 7.45. The van der Waals surface area contributed by atoms with E-state index in [4.69, 9.17) is 4.74 Å². The molecule has 6 heteroatoms. The van der Waals surface area contributed by atoms with Gasteiger partial charge in [-0.15, -0.1) is 0 Å². The molecule has 2 heterocycles. The minimum Gasteiger partial charge on any atom is -0.497 e. The van der Waals surface area contributed by atoms with Crippen LogP contribution in [0.4, 0.5) is 4.79 Å². The molecule has 29 heavy (non-hydrogen) atoms. The number of nitrogens with zero attached hydrogens (tertiary/aromatic N) is 3. The zero-order valence-electron chi connectivity index (χ0n) is 17.9. The van der Waals surface area contributed by atoms with E-state index in [-0.39, 0.29) is 11.9 Å². The normalized spacial score (nSPS) is 23.6. The second kappa shape index (κ2) is 7.98. The van der Waals surface area contributed by atoms with E-state index >= 15 is 0 Å². The van der Waals surface area contributed by atoms with Crippen LogP contribution in [0.5, 0.6) is 5.75 Å². The van der Waals surface area contributed by atoms with Crippen LogP contribution in [-0.4, -0.2) is 65.0 Å². The van der Waals surface area contributed by atoms with Crippen molar-refractivity contribution in [3.05, 3.63) is 29.8 Å². The molecule has 0 radical (unpaired) electrons. The zero-order chi connectivity index (χ0) is 20.6. The number of methoxy groups -OCH3 is 1. The molecule has 1 saturated carbocycles. The molecule has 1 spiro atoms. The summed E-state index contributed by atoms with van der Waals surface area (Å²) in [5.41, 5.74) is 0.246. The van der Waals surface area contributed by atoms with Gasteiger partial charge in [-0.2, -0.15) is 0 Å². The Balaban J connectivity index is 1.50. The molecular formula is C23H33N3O3. The highest BCUT2D eigenvalue weighted by atomic mass is 16.5. The number of ether oxygens (including phenoxy) is 1. The Morgan fingerprint density at radius 1 is 1.21 bits per heavy atom. The van der Waals surface area contributed by atoms with E-state index in [2.05, 4.69) is 11.8 Å². The van der Waals surface area contributed by atoms with E-state index in [1.807, 2.05) is 36.1 Å². The van der Waals surface area contributed by atoms with Gasteiger partial charge in [-0.05, 0) is 63.1 Å². The summed E-state index contributed by atoms with van der Waals surface area (Å²) in [7, 11) is 1.62. The number of carbonyl (C=O) groups is 2. The van der Waals surface area contributed by atoms with Gasteiger partial charge in [-0.3, -0.25) is 9.69 Å². The molecule has 1 atom stereocenters. The van der Waals surface area contributed by atoms with Gasteiger partial charge in [0.1, 0.15) is 11.3 Å². The number of hydrogen-bond donors (Lipinski definition) is 0. The Morgan fingerprint density at radius 2 is 1.93 bits per heavy atom. The van der Waals surface area contributed by atoms with Crippen LogP contribution in [0.3, 0.4) is 0 Å². The standard InChI is InChI=1S/C23H33N3O3/c1-4-26-22(28)25(16-18-7-5-10-20(15-18)29-3)21(27)23(26)11-13-24(14-12-23)17(2)19-8-6-9-19/h5,7,10,15,17,19H,4,6,8-9,11-14,16H2,1-3H3/t17-/m1/s1. The molecule has 1 aromatic rings. The maximum absolute atomic E-state index is 13.5. The van der Waals surface area contributed by atoms with Crippen molar-refractivity contribution in [2.24, 2.45) is 5.92 Å². The maximum Gasteiger partial charge on any atom is 0.327 e. The second-order valence-corrected chi connectivity index (χ2v) is 8.77. The maximum atomic E-state index is 13.5. The summed E-state index contributed by atoms with van der Waals surface area (Å²) >= 11 is 0. The molecule has 2 saturated heterocycles. The van der Waals surface area contributed by atoms with Crippen molar-refractivity contribution >= 4 is 11.9 Å². The summed E-state index contributed by atoms with van der Waals surface area (Å²) in [6, 6.07) is 8.03. The second-order valence-electron chi connectivity index (χ2n) is 8.77. The minimum atomic E-state index is -0.666. The average molecular weight is 400 g/mol. The number of imide groups is 1. The van der Waals surface area contributed by atoms with Gasteiger partial charge in [0.2, 0.25) is 0 Å². The predicted molar refractivity (Wildman–Crippen MR) is 112 cm³/mol. The van der Waals surface area contributed by atoms with Crippen LogP contribution in [0.1, 0.15) is 51.5 Å². The number of likely N-dealkylation sites (tertiary alicyclic amines) is 1. The van der Waals surface area contributed by atoms with Gasteiger partial charge in [-0.25, -0.2) is 4.79 Å². The molecule has 0 bridgehead atoms. The van der Waals surface area contributed by atoms with Gasteiger partial charge in [0.15, 0.2) is 0 Å². The van der Waals surface area contributed by atoms with Crippen molar-refractivity contribution in [1.29, 1.82) is 0 Å². The van der Waals surface area contributed by atoms with Gasteiger partial charge in [-0.1, -0.05) is 18.6 Å². The highest BCUT2D eigenvalue weighted by Crippen LogP contribution is 2.40. The first-order chi connectivity index (χ1) is 14.0. The van der Waals surface area contributed by atoms with Gasteiger partial charge in [0.25, 0.3) is 5.91 Å². The smallest absolute Gasteiger partial charge is 0.327 e. The molecule has 3 aliphatic rings. The van der Waals surface area contributed by atoms with E-state index in [1.165, 1.54) is 24.2 Å². The monoisotopic (exact) mass is 399 g/mol. The van der Waals surface area contributed by atoms with Crippen LogP contribution < -0.4 is 4.74 Å². The predicted octanol–water partition coefficient (Wildman–Crippen LogP) is 3.50. The van der Waals surface area contributed by atoms with Crippen molar-refractivity contribution in [2.45, 2.75) is 64.1 Å². The highest BCUT2D eigenvalue weighted by molar-refractivity contribution is 6.07. The molecule has 0 unspecified atom stereocenters. The lowest BCUT2D eigenvalue weighted by Gasteiger charge is -2.46. The fraction of sp³-hybridized carbons (Fsp3) is 0.652. The average Bonchev–Trinajstić information content (AvgIpc) is 2.88. The Morgan fingerprint density at radius 3 is 2.52 bits per heavy atom. The number of piperidine rings is 1. The number of rotatable bonds is 6.